The van der Waals surface area contributed by atoms with Crippen molar-refractivity contribution in [1.82, 2.24) is 19.5 Å². The van der Waals surface area contributed by atoms with E-state index in [0.717, 1.165) is 50.6 Å². The molecule has 2 aromatic heterocycles. The molecule has 12 rings (SSSR count). The maximum absolute atomic E-state index is 5.00. The monoisotopic (exact) mass is 843 g/mol. The van der Waals surface area contributed by atoms with E-state index in [1.54, 1.807) is 0 Å². The first kappa shape index (κ1) is 38.7. The van der Waals surface area contributed by atoms with Gasteiger partial charge in [0.1, 0.15) is 0 Å². The second-order valence-corrected chi connectivity index (χ2v) is 16.5. The molecule has 0 radical (unpaired) electrons. The lowest BCUT2D eigenvalue weighted by atomic mass is 10.0. The first-order valence-electron chi connectivity index (χ1n) is 22.3. The van der Waals surface area contributed by atoms with E-state index < -0.39 is 0 Å². The average molecular weight is 844 g/mol. The van der Waals surface area contributed by atoms with Gasteiger partial charge < -0.3 is 9.47 Å². The molecule has 0 aliphatic rings. The number of para-hydroxylation sites is 2. The van der Waals surface area contributed by atoms with Crippen LogP contribution in [-0.4, -0.2) is 19.5 Å². The summed E-state index contributed by atoms with van der Waals surface area (Å²) in [7, 11) is 0. The van der Waals surface area contributed by atoms with E-state index in [9.17, 15) is 0 Å². The third-order valence-electron chi connectivity index (χ3n) is 12.4. The zero-order valence-corrected chi connectivity index (χ0v) is 35.9. The van der Waals surface area contributed by atoms with Gasteiger partial charge >= 0.3 is 0 Å². The van der Waals surface area contributed by atoms with Gasteiger partial charge in [0.15, 0.2) is 17.5 Å². The number of anilines is 3. The molecule has 0 atom stereocenters. The normalized spacial score (nSPS) is 11.3. The van der Waals surface area contributed by atoms with Crippen LogP contribution in [0.4, 0.5) is 17.1 Å². The minimum Gasteiger partial charge on any atom is -0.311 e. The van der Waals surface area contributed by atoms with Gasteiger partial charge in [-0.1, -0.05) is 164 Å². The highest BCUT2D eigenvalue weighted by Crippen LogP contribution is 2.40. The van der Waals surface area contributed by atoms with E-state index in [1.807, 2.05) is 60.7 Å². The van der Waals surface area contributed by atoms with E-state index in [0.29, 0.717) is 17.5 Å². The van der Waals surface area contributed by atoms with E-state index in [-0.39, 0.29) is 0 Å². The molecule has 0 saturated heterocycles. The van der Waals surface area contributed by atoms with Crippen molar-refractivity contribution in [2.75, 3.05) is 4.90 Å². The Balaban J connectivity index is 0.929. The highest BCUT2D eigenvalue weighted by atomic mass is 15.1. The summed E-state index contributed by atoms with van der Waals surface area (Å²) >= 11 is 0. The zero-order valence-electron chi connectivity index (χ0n) is 35.9. The lowest BCUT2D eigenvalue weighted by Gasteiger charge is -2.26. The Hall–Kier alpha value is -8.93. The third-order valence-corrected chi connectivity index (χ3v) is 12.4. The van der Waals surface area contributed by atoms with Crippen molar-refractivity contribution in [3.05, 3.63) is 249 Å². The number of hydrogen-bond acceptors (Lipinski definition) is 4. The molecular formula is C61H41N5. The molecule has 0 spiro atoms. The molecule has 0 unspecified atom stereocenters. The van der Waals surface area contributed by atoms with Gasteiger partial charge in [-0.25, -0.2) is 15.0 Å². The Morgan fingerprint density at radius 1 is 0.273 bits per heavy atom. The Morgan fingerprint density at radius 2 is 0.682 bits per heavy atom. The van der Waals surface area contributed by atoms with E-state index >= 15 is 0 Å². The quantitative estimate of drug-likeness (QED) is 0.145. The molecule has 2 heterocycles. The first-order valence-corrected chi connectivity index (χ1v) is 22.3. The van der Waals surface area contributed by atoms with Gasteiger partial charge in [-0.3, -0.25) is 0 Å². The van der Waals surface area contributed by atoms with Crippen molar-refractivity contribution in [3.8, 4) is 62.1 Å². The molecule has 0 aliphatic carbocycles. The highest BCUT2D eigenvalue weighted by molar-refractivity contribution is 6.10. The van der Waals surface area contributed by atoms with Gasteiger partial charge in [0.25, 0.3) is 0 Å². The van der Waals surface area contributed by atoms with E-state index in [4.69, 9.17) is 15.0 Å². The van der Waals surface area contributed by atoms with Gasteiger partial charge in [-0.2, -0.15) is 0 Å². The lowest BCUT2D eigenvalue weighted by molar-refractivity contribution is 1.07. The summed E-state index contributed by atoms with van der Waals surface area (Å²) in [6.07, 6.45) is 0. The van der Waals surface area contributed by atoms with Gasteiger partial charge in [-0.15, -0.1) is 0 Å². The van der Waals surface area contributed by atoms with Crippen LogP contribution in [0.15, 0.2) is 249 Å². The number of benzene rings is 10. The van der Waals surface area contributed by atoms with Crippen molar-refractivity contribution in [3.63, 3.8) is 0 Å². The molecule has 0 N–H and O–H groups in total. The van der Waals surface area contributed by atoms with Crippen LogP contribution in [0.3, 0.4) is 0 Å². The third kappa shape index (κ3) is 7.25. The van der Waals surface area contributed by atoms with Gasteiger partial charge in [0.2, 0.25) is 0 Å². The smallest absolute Gasteiger partial charge is 0.164 e. The number of nitrogens with zero attached hydrogens (tertiary/aromatic N) is 5. The summed E-state index contributed by atoms with van der Waals surface area (Å²) in [5.41, 5.74) is 14.1. The topological polar surface area (TPSA) is 46.8 Å². The predicted molar refractivity (Wildman–Crippen MR) is 274 cm³/mol. The fourth-order valence-corrected chi connectivity index (χ4v) is 9.13. The van der Waals surface area contributed by atoms with Crippen LogP contribution in [0, 0.1) is 0 Å². The fraction of sp³-hybridized carbons (Fsp3) is 0. The second kappa shape index (κ2) is 16.6. The van der Waals surface area contributed by atoms with E-state index in [1.165, 1.54) is 43.7 Å². The summed E-state index contributed by atoms with van der Waals surface area (Å²) in [5.74, 6) is 1.89. The molecule has 310 valence electrons. The second-order valence-electron chi connectivity index (χ2n) is 16.5. The molecule has 0 amide bonds. The first-order chi connectivity index (χ1) is 32.7. The SMILES string of the molecule is c1ccc(-c2nc(-c3ccccc3)nc(-c3ccc(N(c4ccc(-c5ccc6ccccc6c5)cc4)c4ccc(-c5ccc6c(c5)c5ccccc5n6-c5ccccc5)cc4)cc3)n2)cc1. The van der Waals surface area contributed by atoms with Gasteiger partial charge in [0, 0.05) is 50.2 Å². The standard InChI is InChI=1S/C61H41N5/c1-4-15-45(16-5-1)59-62-60(46-17-6-2-7-18-46)64-61(63-59)47-30-37-54(38-31-47)65(52-33-26-43(27-34-52)49-25-24-42-14-10-11-19-48(42)40-49)53-35-28-44(29-36-53)50-32-39-58-56(41-50)55-22-12-13-23-57(55)66(58)51-20-8-3-9-21-51/h1-41H. The van der Waals surface area contributed by atoms with Crippen molar-refractivity contribution >= 4 is 49.6 Å². The number of fused-ring (bicyclic) bond motifs is 4. The molecule has 5 heteroatoms. The number of rotatable bonds is 9. The van der Waals surface area contributed by atoms with E-state index in [2.05, 4.69) is 198 Å². The Morgan fingerprint density at radius 3 is 1.26 bits per heavy atom. The van der Waals surface area contributed by atoms with Crippen LogP contribution in [0.5, 0.6) is 0 Å². The summed E-state index contributed by atoms with van der Waals surface area (Å²) in [4.78, 5) is 17.2. The van der Waals surface area contributed by atoms with Crippen LogP contribution in [-0.2, 0) is 0 Å². The minimum atomic E-state index is 0.619. The van der Waals surface area contributed by atoms with Crippen LogP contribution < -0.4 is 4.90 Å². The summed E-state index contributed by atoms with van der Waals surface area (Å²) in [6.45, 7) is 0. The lowest BCUT2D eigenvalue weighted by Crippen LogP contribution is -2.10. The van der Waals surface area contributed by atoms with Crippen molar-refractivity contribution in [1.29, 1.82) is 0 Å². The maximum atomic E-state index is 5.00. The van der Waals surface area contributed by atoms with Gasteiger partial charge in [-0.05, 0) is 118 Å². The molecule has 66 heavy (non-hydrogen) atoms. The summed E-state index contributed by atoms with van der Waals surface area (Å²) < 4.78 is 2.36. The maximum Gasteiger partial charge on any atom is 0.164 e. The Kier molecular flexibility index (Phi) is 9.77. The number of aromatic nitrogens is 4. The van der Waals surface area contributed by atoms with Gasteiger partial charge in [0.05, 0.1) is 11.0 Å². The van der Waals surface area contributed by atoms with Crippen LogP contribution in [0.1, 0.15) is 0 Å². The molecule has 12 aromatic rings. The molecule has 0 fully saturated rings. The number of hydrogen-bond donors (Lipinski definition) is 0. The van der Waals surface area contributed by atoms with Crippen LogP contribution in [0.25, 0.3) is 94.7 Å². The molecule has 0 aliphatic heterocycles. The molecular weight excluding hydrogens is 803 g/mol. The largest absolute Gasteiger partial charge is 0.311 e. The molecule has 10 aromatic carbocycles. The van der Waals surface area contributed by atoms with Crippen LogP contribution >= 0.6 is 0 Å². The molecule has 0 saturated carbocycles. The molecule has 5 nitrogen and oxygen atoms in total. The zero-order chi connectivity index (χ0) is 43.8. The van der Waals surface area contributed by atoms with Crippen molar-refractivity contribution in [2.45, 2.75) is 0 Å². The fourth-order valence-electron chi connectivity index (χ4n) is 9.13. The predicted octanol–water partition coefficient (Wildman–Crippen LogP) is 15.9. The minimum absolute atomic E-state index is 0.619. The Labute approximate surface area is 383 Å². The van der Waals surface area contributed by atoms with Crippen molar-refractivity contribution < 1.29 is 0 Å². The average Bonchev–Trinajstić information content (AvgIpc) is 3.73. The summed E-state index contributed by atoms with van der Waals surface area (Å²) in [5, 5.41) is 4.93. The van der Waals surface area contributed by atoms with Crippen LogP contribution in [0.2, 0.25) is 0 Å². The Bertz CT molecular complexity index is 3600. The summed E-state index contributed by atoms with van der Waals surface area (Å²) in [6, 6.07) is 87.8. The highest BCUT2D eigenvalue weighted by Gasteiger charge is 2.18. The molecule has 0 bridgehead atoms. The van der Waals surface area contributed by atoms with Crippen molar-refractivity contribution in [2.24, 2.45) is 0 Å².